The van der Waals surface area contributed by atoms with Crippen LogP contribution >= 0.6 is 0 Å². The van der Waals surface area contributed by atoms with Crippen LogP contribution in [0.2, 0.25) is 0 Å². The van der Waals surface area contributed by atoms with Gasteiger partial charge >= 0.3 is 0 Å². The van der Waals surface area contributed by atoms with Gasteiger partial charge in [0, 0.05) is 44.4 Å². The highest BCUT2D eigenvalue weighted by Gasteiger charge is 2.25. The second-order valence-electron chi connectivity index (χ2n) is 6.28. The summed E-state index contributed by atoms with van der Waals surface area (Å²) in [5, 5.41) is 6.64. The molecule has 1 aliphatic heterocycles. The van der Waals surface area contributed by atoms with Crippen molar-refractivity contribution >= 4 is 11.6 Å². The maximum atomic E-state index is 5.51. The number of benzene rings is 1. The molecule has 140 valence electrons. The van der Waals surface area contributed by atoms with E-state index in [-0.39, 0.29) is 0 Å². The number of para-hydroxylation sites is 1. The van der Waals surface area contributed by atoms with Gasteiger partial charge in [-0.25, -0.2) is 9.97 Å². The van der Waals surface area contributed by atoms with Crippen LogP contribution in [0.15, 0.2) is 30.6 Å². The van der Waals surface area contributed by atoms with Crippen LogP contribution in [-0.4, -0.2) is 50.4 Å². The summed E-state index contributed by atoms with van der Waals surface area (Å²) in [5.41, 5.74) is 1.09. The van der Waals surface area contributed by atoms with E-state index in [0.29, 0.717) is 6.04 Å². The van der Waals surface area contributed by atoms with Crippen LogP contribution in [0.3, 0.4) is 0 Å². The Balaban J connectivity index is 1.62. The van der Waals surface area contributed by atoms with E-state index in [0.717, 1.165) is 54.8 Å². The fraction of sp³-hybridized carbons (Fsp3) is 0.474. The number of methoxy groups -OCH3 is 2. The average Bonchev–Trinajstić information content (AvgIpc) is 3.16. The zero-order valence-electron chi connectivity index (χ0n) is 15.7. The van der Waals surface area contributed by atoms with Crippen LogP contribution in [0.4, 0.5) is 11.6 Å². The Morgan fingerprint density at radius 1 is 1.23 bits per heavy atom. The normalized spacial score (nSPS) is 16.6. The van der Waals surface area contributed by atoms with E-state index in [2.05, 4.69) is 31.6 Å². The summed E-state index contributed by atoms with van der Waals surface area (Å²) in [6, 6.07) is 8.38. The number of ether oxygens (including phenoxy) is 2. The molecule has 0 radical (unpaired) electrons. The van der Waals surface area contributed by atoms with Crippen molar-refractivity contribution in [1.29, 1.82) is 0 Å². The maximum Gasteiger partial charge on any atom is 0.165 e. The summed E-state index contributed by atoms with van der Waals surface area (Å²) >= 11 is 0. The monoisotopic (exact) mass is 357 g/mol. The zero-order chi connectivity index (χ0) is 18.4. The van der Waals surface area contributed by atoms with Gasteiger partial charge in [-0.1, -0.05) is 12.1 Å². The summed E-state index contributed by atoms with van der Waals surface area (Å²) in [5.74, 6) is 3.37. The van der Waals surface area contributed by atoms with Gasteiger partial charge in [-0.15, -0.1) is 0 Å². The minimum atomic E-state index is 0.422. The van der Waals surface area contributed by atoms with Gasteiger partial charge in [-0.05, 0) is 18.9 Å². The highest BCUT2D eigenvalue weighted by atomic mass is 16.5. The smallest absolute Gasteiger partial charge is 0.165 e. The first kappa shape index (κ1) is 18.3. The van der Waals surface area contributed by atoms with Crippen molar-refractivity contribution in [2.75, 3.05) is 44.6 Å². The Labute approximate surface area is 154 Å². The number of anilines is 2. The van der Waals surface area contributed by atoms with Crippen molar-refractivity contribution in [3.63, 3.8) is 0 Å². The lowest BCUT2D eigenvalue weighted by Gasteiger charge is -2.26. The summed E-state index contributed by atoms with van der Waals surface area (Å²) < 4.78 is 10.9. The number of hydrogen-bond donors (Lipinski definition) is 2. The van der Waals surface area contributed by atoms with Gasteiger partial charge in [0.25, 0.3) is 0 Å². The SMILES string of the molecule is CNc1cc(N2CCCC2CNCc2cccc(OC)c2OC)ncn1. The van der Waals surface area contributed by atoms with Crippen LogP contribution in [0.1, 0.15) is 18.4 Å². The third-order valence-corrected chi connectivity index (χ3v) is 4.76. The maximum absolute atomic E-state index is 5.51. The second kappa shape index (κ2) is 8.71. The zero-order valence-corrected chi connectivity index (χ0v) is 15.7. The summed E-state index contributed by atoms with van der Waals surface area (Å²) in [6.45, 7) is 2.64. The minimum Gasteiger partial charge on any atom is -0.493 e. The molecule has 0 bridgehead atoms. The molecule has 0 saturated carbocycles. The van der Waals surface area contributed by atoms with Gasteiger partial charge in [-0.2, -0.15) is 0 Å². The van der Waals surface area contributed by atoms with Gasteiger partial charge < -0.3 is 25.0 Å². The van der Waals surface area contributed by atoms with E-state index in [1.54, 1.807) is 20.5 Å². The van der Waals surface area contributed by atoms with Crippen molar-refractivity contribution in [3.05, 3.63) is 36.2 Å². The van der Waals surface area contributed by atoms with E-state index in [1.165, 1.54) is 6.42 Å². The topological polar surface area (TPSA) is 71.5 Å². The number of rotatable bonds is 8. The van der Waals surface area contributed by atoms with Gasteiger partial charge in [-0.3, -0.25) is 0 Å². The lowest BCUT2D eigenvalue weighted by molar-refractivity contribution is 0.350. The summed E-state index contributed by atoms with van der Waals surface area (Å²) in [4.78, 5) is 11.0. The molecule has 1 fully saturated rings. The predicted octanol–water partition coefficient (Wildman–Crippen LogP) is 2.29. The molecule has 1 aliphatic rings. The number of nitrogens with one attached hydrogen (secondary N) is 2. The van der Waals surface area contributed by atoms with E-state index < -0.39 is 0 Å². The molecule has 1 aromatic heterocycles. The molecule has 0 amide bonds. The van der Waals surface area contributed by atoms with E-state index in [1.807, 2.05) is 25.2 Å². The van der Waals surface area contributed by atoms with Crippen molar-refractivity contribution in [3.8, 4) is 11.5 Å². The number of aromatic nitrogens is 2. The Kier molecular flexibility index (Phi) is 6.12. The van der Waals surface area contributed by atoms with E-state index in [4.69, 9.17) is 9.47 Å². The molecule has 1 aromatic carbocycles. The quantitative estimate of drug-likeness (QED) is 0.751. The standard InChI is InChI=1S/C19H27N5O2/c1-20-17-10-18(23-13-22-17)24-9-5-7-15(24)12-21-11-14-6-4-8-16(25-2)19(14)26-3/h4,6,8,10,13,15,21H,5,7,9,11-12H2,1-3H3,(H,20,22,23). The molecule has 0 spiro atoms. The molecule has 0 aliphatic carbocycles. The molecule has 2 N–H and O–H groups in total. The molecule has 7 nitrogen and oxygen atoms in total. The van der Waals surface area contributed by atoms with Crippen LogP contribution in [0.5, 0.6) is 11.5 Å². The Hall–Kier alpha value is -2.54. The molecule has 1 atom stereocenters. The molecule has 2 heterocycles. The minimum absolute atomic E-state index is 0.422. The van der Waals surface area contributed by atoms with Gasteiger partial charge in [0.2, 0.25) is 0 Å². The lowest BCUT2D eigenvalue weighted by Crippen LogP contribution is -2.38. The van der Waals surface area contributed by atoms with Crippen LogP contribution in [0.25, 0.3) is 0 Å². The molecular weight excluding hydrogens is 330 g/mol. The summed E-state index contributed by atoms with van der Waals surface area (Å²) in [6.07, 6.45) is 3.94. The molecule has 26 heavy (non-hydrogen) atoms. The van der Waals surface area contributed by atoms with Crippen LogP contribution < -0.4 is 25.0 Å². The fourth-order valence-corrected chi connectivity index (χ4v) is 3.46. The Morgan fingerprint density at radius 2 is 2.12 bits per heavy atom. The van der Waals surface area contributed by atoms with E-state index >= 15 is 0 Å². The molecule has 7 heteroatoms. The Morgan fingerprint density at radius 3 is 2.88 bits per heavy atom. The first-order chi connectivity index (χ1) is 12.8. The number of hydrogen-bond acceptors (Lipinski definition) is 7. The number of nitrogens with zero attached hydrogens (tertiary/aromatic N) is 3. The third-order valence-electron chi connectivity index (χ3n) is 4.76. The van der Waals surface area contributed by atoms with Gasteiger partial charge in [0.05, 0.1) is 14.2 Å². The van der Waals surface area contributed by atoms with Crippen molar-refractivity contribution in [2.45, 2.75) is 25.4 Å². The van der Waals surface area contributed by atoms with E-state index in [9.17, 15) is 0 Å². The lowest BCUT2D eigenvalue weighted by atomic mass is 10.1. The summed E-state index contributed by atoms with van der Waals surface area (Å²) in [7, 11) is 5.21. The molecule has 1 unspecified atom stereocenters. The highest BCUT2D eigenvalue weighted by molar-refractivity contribution is 5.49. The largest absolute Gasteiger partial charge is 0.493 e. The van der Waals surface area contributed by atoms with Crippen LogP contribution in [0, 0.1) is 0 Å². The Bertz CT molecular complexity index is 725. The van der Waals surface area contributed by atoms with Crippen molar-refractivity contribution < 1.29 is 9.47 Å². The first-order valence-electron chi connectivity index (χ1n) is 8.93. The third kappa shape index (κ3) is 3.99. The second-order valence-corrected chi connectivity index (χ2v) is 6.28. The fourth-order valence-electron chi connectivity index (χ4n) is 3.46. The van der Waals surface area contributed by atoms with Gasteiger partial charge in [0.1, 0.15) is 18.0 Å². The molecule has 2 aromatic rings. The predicted molar refractivity (Wildman–Crippen MR) is 103 cm³/mol. The average molecular weight is 357 g/mol. The van der Waals surface area contributed by atoms with Crippen LogP contribution in [-0.2, 0) is 6.54 Å². The molecular formula is C19H27N5O2. The van der Waals surface area contributed by atoms with Gasteiger partial charge in [0.15, 0.2) is 11.5 Å². The highest BCUT2D eigenvalue weighted by Crippen LogP contribution is 2.30. The van der Waals surface area contributed by atoms with Crippen molar-refractivity contribution in [2.24, 2.45) is 0 Å². The van der Waals surface area contributed by atoms with Crippen molar-refractivity contribution in [1.82, 2.24) is 15.3 Å². The molecule has 3 rings (SSSR count). The first-order valence-corrected chi connectivity index (χ1v) is 8.93. The molecule has 1 saturated heterocycles.